The maximum absolute atomic E-state index is 10.6. The largest absolute Gasteiger partial charge is 0.496 e. The molecule has 164 valence electrons. The SMILES string of the molecule is COCC12CCCOC1CCN(Cc1ccccc1OC)C2.O=C(O)C(F)(F)F. The number of para-hydroxylation sites is 1. The van der Waals surface area contributed by atoms with E-state index in [1.807, 2.05) is 12.1 Å². The second-order valence-electron chi connectivity index (χ2n) is 7.37. The number of piperidine rings is 1. The standard InChI is InChI=1S/C18H27NO3.C2HF3O2/c1-20-14-18-9-5-11-22-17(18)8-10-19(13-18)12-15-6-3-4-7-16(15)21-2;3-2(4,5)1(6)7/h3-4,6-7,17H,5,8-14H2,1-2H3;(H,6,7). The Morgan fingerprint density at radius 1 is 1.34 bits per heavy atom. The van der Waals surface area contributed by atoms with Crippen LogP contribution in [0, 0.1) is 5.41 Å². The molecule has 1 aromatic rings. The summed E-state index contributed by atoms with van der Waals surface area (Å²) in [6.45, 7) is 4.75. The van der Waals surface area contributed by atoms with Crippen LogP contribution in [0.2, 0.25) is 0 Å². The van der Waals surface area contributed by atoms with Gasteiger partial charge in [-0.15, -0.1) is 0 Å². The fraction of sp³-hybridized carbons (Fsp3) is 0.650. The van der Waals surface area contributed by atoms with Gasteiger partial charge in [0, 0.05) is 44.3 Å². The van der Waals surface area contributed by atoms with Gasteiger partial charge in [-0.25, -0.2) is 4.79 Å². The zero-order valence-corrected chi connectivity index (χ0v) is 16.7. The van der Waals surface area contributed by atoms with Crippen molar-refractivity contribution in [2.75, 3.05) is 40.5 Å². The van der Waals surface area contributed by atoms with Crippen LogP contribution < -0.4 is 4.74 Å². The number of alkyl halides is 3. The van der Waals surface area contributed by atoms with Crippen LogP contribution in [-0.2, 0) is 20.8 Å². The highest BCUT2D eigenvalue weighted by atomic mass is 19.4. The van der Waals surface area contributed by atoms with Crippen molar-refractivity contribution in [2.24, 2.45) is 5.41 Å². The number of aliphatic carboxylic acids is 1. The lowest BCUT2D eigenvalue weighted by Gasteiger charge is -2.50. The van der Waals surface area contributed by atoms with E-state index in [0.717, 1.165) is 51.4 Å². The van der Waals surface area contributed by atoms with Crippen LogP contribution in [0.25, 0.3) is 0 Å². The number of rotatable bonds is 5. The Bertz CT molecular complexity index is 666. The highest BCUT2D eigenvalue weighted by molar-refractivity contribution is 5.73. The van der Waals surface area contributed by atoms with E-state index in [1.54, 1.807) is 14.2 Å². The third-order valence-corrected chi connectivity index (χ3v) is 5.33. The number of fused-ring (bicyclic) bond motifs is 1. The van der Waals surface area contributed by atoms with Gasteiger partial charge in [0.2, 0.25) is 0 Å². The third kappa shape index (κ3) is 6.32. The quantitative estimate of drug-likeness (QED) is 0.790. The van der Waals surface area contributed by atoms with Crippen LogP contribution in [0.3, 0.4) is 0 Å². The number of halogens is 3. The minimum absolute atomic E-state index is 0.160. The number of hydrogen-bond donors (Lipinski definition) is 1. The average Bonchev–Trinajstić information content (AvgIpc) is 2.68. The predicted octanol–water partition coefficient (Wildman–Crippen LogP) is 3.35. The first-order chi connectivity index (χ1) is 13.7. The molecule has 6 nitrogen and oxygen atoms in total. The fourth-order valence-corrected chi connectivity index (χ4v) is 4.09. The molecule has 2 saturated heterocycles. The van der Waals surface area contributed by atoms with Crippen LogP contribution in [0.15, 0.2) is 24.3 Å². The number of benzene rings is 1. The van der Waals surface area contributed by atoms with Crippen LogP contribution in [0.4, 0.5) is 13.2 Å². The Kier molecular flexibility index (Phi) is 8.30. The molecule has 1 N–H and O–H groups in total. The first kappa shape index (κ1) is 23.4. The Balaban J connectivity index is 0.000000370. The van der Waals surface area contributed by atoms with Crippen LogP contribution >= 0.6 is 0 Å². The number of carboxylic acid groups (broad SMARTS) is 1. The first-order valence-corrected chi connectivity index (χ1v) is 9.47. The van der Waals surface area contributed by atoms with Gasteiger partial charge in [0.25, 0.3) is 0 Å². The monoisotopic (exact) mass is 419 g/mol. The van der Waals surface area contributed by atoms with Gasteiger partial charge in [0.1, 0.15) is 5.75 Å². The number of carbonyl (C=O) groups is 1. The molecule has 0 bridgehead atoms. The van der Waals surface area contributed by atoms with Gasteiger partial charge in [-0.05, 0) is 25.3 Å². The summed E-state index contributed by atoms with van der Waals surface area (Å²) in [6.07, 6.45) is -1.29. The van der Waals surface area contributed by atoms with E-state index >= 15 is 0 Å². The van der Waals surface area contributed by atoms with Gasteiger partial charge in [-0.3, -0.25) is 4.90 Å². The molecule has 0 aliphatic carbocycles. The van der Waals surface area contributed by atoms with Crippen LogP contribution in [0.1, 0.15) is 24.8 Å². The van der Waals surface area contributed by atoms with Gasteiger partial charge in [-0.1, -0.05) is 18.2 Å². The Morgan fingerprint density at radius 3 is 2.66 bits per heavy atom. The molecule has 9 heteroatoms. The van der Waals surface area contributed by atoms with E-state index in [2.05, 4.69) is 17.0 Å². The average molecular weight is 419 g/mol. The third-order valence-electron chi connectivity index (χ3n) is 5.33. The Morgan fingerprint density at radius 2 is 2.03 bits per heavy atom. The summed E-state index contributed by atoms with van der Waals surface area (Å²) < 4.78 is 48.8. The highest BCUT2D eigenvalue weighted by Gasteiger charge is 2.46. The topological polar surface area (TPSA) is 68.2 Å². The lowest BCUT2D eigenvalue weighted by molar-refractivity contribution is -0.192. The molecule has 0 amide bonds. The van der Waals surface area contributed by atoms with Crippen molar-refractivity contribution in [3.05, 3.63) is 29.8 Å². The van der Waals surface area contributed by atoms with Crippen molar-refractivity contribution < 1.29 is 37.3 Å². The minimum atomic E-state index is -5.08. The Hall–Kier alpha value is -1.84. The maximum Gasteiger partial charge on any atom is 0.490 e. The number of nitrogens with zero attached hydrogens (tertiary/aromatic N) is 1. The Labute approximate surface area is 168 Å². The van der Waals surface area contributed by atoms with Gasteiger partial charge in [0.05, 0.1) is 19.8 Å². The molecule has 0 aromatic heterocycles. The number of ether oxygens (including phenoxy) is 3. The van der Waals surface area contributed by atoms with Crippen molar-refractivity contribution in [1.29, 1.82) is 0 Å². The van der Waals surface area contributed by atoms with Gasteiger partial charge in [-0.2, -0.15) is 13.2 Å². The smallest absolute Gasteiger partial charge is 0.490 e. The second kappa shape index (κ2) is 10.3. The zero-order valence-electron chi connectivity index (χ0n) is 16.7. The van der Waals surface area contributed by atoms with E-state index in [-0.39, 0.29) is 5.41 Å². The number of hydrogen-bond acceptors (Lipinski definition) is 5. The number of carboxylic acids is 1. The number of likely N-dealkylation sites (tertiary alicyclic amines) is 1. The van der Waals surface area contributed by atoms with E-state index in [0.29, 0.717) is 6.10 Å². The maximum atomic E-state index is 10.6. The number of methoxy groups -OCH3 is 2. The van der Waals surface area contributed by atoms with Gasteiger partial charge < -0.3 is 19.3 Å². The highest BCUT2D eigenvalue weighted by Crippen LogP contribution is 2.41. The molecule has 2 aliphatic heterocycles. The van der Waals surface area contributed by atoms with Gasteiger partial charge in [0.15, 0.2) is 0 Å². The van der Waals surface area contributed by atoms with Crippen LogP contribution in [0.5, 0.6) is 5.75 Å². The summed E-state index contributed by atoms with van der Waals surface area (Å²) in [5, 5.41) is 7.12. The van der Waals surface area contributed by atoms with Crippen molar-refractivity contribution in [1.82, 2.24) is 4.90 Å². The predicted molar refractivity (Wildman–Crippen MR) is 99.9 cm³/mol. The summed E-state index contributed by atoms with van der Waals surface area (Å²) in [5.74, 6) is -1.78. The summed E-state index contributed by atoms with van der Waals surface area (Å²) in [7, 11) is 3.55. The first-order valence-electron chi connectivity index (χ1n) is 9.47. The fourth-order valence-electron chi connectivity index (χ4n) is 4.09. The zero-order chi connectivity index (χ0) is 21.5. The van der Waals surface area contributed by atoms with Gasteiger partial charge >= 0.3 is 12.1 Å². The second-order valence-corrected chi connectivity index (χ2v) is 7.37. The van der Waals surface area contributed by atoms with Crippen molar-refractivity contribution in [3.63, 3.8) is 0 Å². The molecule has 2 aliphatic rings. The van der Waals surface area contributed by atoms with E-state index in [9.17, 15) is 13.2 Å². The molecule has 2 heterocycles. The van der Waals surface area contributed by atoms with E-state index in [1.165, 1.54) is 12.0 Å². The molecule has 0 spiro atoms. The summed E-state index contributed by atoms with van der Waals surface area (Å²) in [6, 6.07) is 8.30. The summed E-state index contributed by atoms with van der Waals surface area (Å²) in [4.78, 5) is 11.4. The molecule has 29 heavy (non-hydrogen) atoms. The molecular formula is C20H28F3NO5. The molecule has 0 saturated carbocycles. The van der Waals surface area contributed by atoms with Crippen molar-refractivity contribution in [3.8, 4) is 5.75 Å². The van der Waals surface area contributed by atoms with E-state index < -0.39 is 12.1 Å². The lowest BCUT2D eigenvalue weighted by atomic mass is 9.73. The molecule has 2 unspecified atom stereocenters. The van der Waals surface area contributed by atoms with E-state index in [4.69, 9.17) is 24.1 Å². The molecule has 2 atom stereocenters. The lowest BCUT2D eigenvalue weighted by Crippen LogP contribution is -2.56. The van der Waals surface area contributed by atoms with Crippen molar-refractivity contribution >= 4 is 5.97 Å². The summed E-state index contributed by atoms with van der Waals surface area (Å²) in [5.41, 5.74) is 1.42. The summed E-state index contributed by atoms with van der Waals surface area (Å²) >= 11 is 0. The molecule has 1 aromatic carbocycles. The van der Waals surface area contributed by atoms with Crippen molar-refractivity contribution in [2.45, 2.75) is 38.1 Å². The van der Waals surface area contributed by atoms with Crippen LogP contribution in [-0.4, -0.2) is 68.8 Å². The molecular weight excluding hydrogens is 391 g/mol. The normalized spacial score (nSPS) is 24.8. The minimum Gasteiger partial charge on any atom is -0.496 e. The molecule has 2 fully saturated rings. The molecule has 3 rings (SSSR count). The molecule has 0 radical (unpaired) electrons.